The van der Waals surface area contributed by atoms with E-state index < -0.39 is 20.6 Å². The standard InChI is InChI=1S/C11H13N3O4S/c1-2-13(9-5-8-12)19(17,18)11-7-4-3-6-10(11)14(15)16/h3-4,6-7H,2,5,9H2,1H3. The van der Waals surface area contributed by atoms with Crippen LogP contribution >= 0.6 is 0 Å². The number of nitrogens with zero attached hydrogens (tertiary/aromatic N) is 3. The summed E-state index contributed by atoms with van der Waals surface area (Å²) in [5.41, 5.74) is -0.460. The highest BCUT2D eigenvalue weighted by atomic mass is 32.2. The van der Waals surface area contributed by atoms with Crippen LogP contribution in [-0.2, 0) is 10.0 Å². The third kappa shape index (κ3) is 3.27. The van der Waals surface area contributed by atoms with Crippen molar-refractivity contribution in [2.24, 2.45) is 0 Å². The number of nitro groups is 1. The Balaban J connectivity index is 3.27. The lowest BCUT2D eigenvalue weighted by Crippen LogP contribution is -2.32. The minimum Gasteiger partial charge on any atom is -0.258 e. The summed E-state index contributed by atoms with van der Waals surface area (Å²) in [7, 11) is -3.96. The van der Waals surface area contributed by atoms with Crippen LogP contribution in [0.2, 0.25) is 0 Å². The van der Waals surface area contributed by atoms with E-state index in [4.69, 9.17) is 5.26 Å². The van der Waals surface area contributed by atoms with E-state index >= 15 is 0 Å². The Bertz CT molecular complexity index is 607. The van der Waals surface area contributed by atoms with Gasteiger partial charge in [0.25, 0.3) is 5.69 Å². The van der Waals surface area contributed by atoms with Gasteiger partial charge in [0.1, 0.15) is 0 Å². The third-order valence-corrected chi connectivity index (χ3v) is 4.53. The fourth-order valence-electron chi connectivity index (χ4n) is 1.59. The Hall–Kier alpha value is -1.98. The Morgan fingerprint density at radius 2 is 2.05 bits per heavy atom. The molecule has 0 aliphatic rings. The molecule has 1 rings (SSSR count). The van der Waals surface area contributed by atoms with Gasteiger partial charge in [0.15, 0.2) is 4.90 Å². The summed E-state index contributed by atoms with van der Waals surface area (Å²) in [6, 6.07) is 7.03. The number of sulfonamides is 1. The lowest BCUT2D eigenvalue weighted by molar-refractivity contribution is -0.387. The Kier molecular flexibility index (Phi) is 4.97. The Morgan fingerprint density at radius 1 is 1.42 bits per heavy atom. The van der Waals surface area contributed by atoms with Gasteiger partial charge in [-0.2, -0.15) is 9.57 Å². The van der Waals surface area contributed by atoms with Gasteiger partial charge in [-0.15, -0.1) is 0 Å². The third-order valence-electron chi connectivity index (χ3n) is 2.51. The van der Waals surface area contributed by atoms with Gasteiger partial charge in [0.05, 0.1) is 11.0 Å². The minimum absolute atomic E-state index is 0.0153. The topological polar surface area (TPSA) is 104 Å². The Morgan fingerprint density at radius 3 is 2.58 bits per heavy atom. The highest BCUT2D eigenvalue weighted by molar-refractivity contribution is 7.89. The van der Waals surface area contributed by atoms with E-state index in [1.54, 1.807) is 6.92 Å². The molecule has 102 valence electrons. The molecule has 19 heavy (non-hydrogen) atoms. The van der Waals surface area contributed by atoms with Crippen LogP contribution in [0.3, 0.4) is 0 Å². The van der Waals surface area contributed by atoms with Crippen LogP contribution in [0, 0.1) is 21.4 Å². The van der Waals surface area contributed by atoms with E-state index in [-0.39, 0.29) is 24.4 Å². The first-order chi connectivity index (χ1) is 8.95. The second kappa shape index (κ2) is 6.26. The van der Waals surface area contributed by atoms with Gasteiger partial charge in [-0.05, 0) is 6.07 Å². The van der Waals surface area contributed by atoms with Crippen LogP contribution in [0.4, 0.5) is 5.69 Å². The van der Waals surface area contributed by atoms with Gasteiger partial charge in [-0.1, -0.05) is 19.1 Å². The molecular weight excluding hydrogens is 270 g/mol. The maximum atomic E-state index is 12.3. The van der Waals surface area contributed by atoms with E-state index in [1.165, 1.54) is 18.2 Å². The van der Waals surface area contributed by atoms with Crippen LogP contribution in [-0.4, -0.2) is 30.7 Å². The maximum Gasteiger partial charge on any atom is 0.289 e. The molecule has 0 aromatic heterocycles. The molecule has 0 saturated carbocycles. The molecule has 0 bridgehead atoms. The zero-order chi connectivity index (χ0) is 14.5. The normalized spacial score (nSPS) is 11.2. The van der Waals surface area contributed by atoms with Crippen molar-refractivity contribution < 1.29 is 13.3 Å². The maximum absolute atomic E-state index is 12.3. The van der Waals surface area contributed by atoms with E-state index in [9.17, 15) is 18.5 Å². The average Bonchev–Trinajstić information content (AvgIpc) is 2.39. The fraction of sp³-hybridized carbons (Fsp3) is 0.364. The van der Waals surface area contributed by atoms with Gasteiger partial charge in [0.2, 0.25) is 10.0 Å². The van der Waals surface area contributed by atoms with Crippen LogP contribution < -0.4 is 0 Å². The summed E-state index contributed by atoms with van der Waals surface area (Å²) in [5, 5.41) is 19.4. The van der Waals surface area contributed by atoms with Crippen LogP contribution in [0.5, 0.6) is 0 Å². The van der Waals surface area contributed by atoms with Gasteiger partial charge in [-0.3, -0.25) is 10.1 Å². The average molecular weight is 283 g/mol. The molecule has 0 amide bonds. The first-order valence-electron chi connectivity index (χ1n) is 5.55. The minimum atomic E-state index is -3.96. The number of hydrogen-bond donors (Lipinski definition) is 0. The van der Waals surface area contributed by atoms with Crippen LogP contribution in [0.1, 0.15) is 13.3 Å². The molecule has 0 fully saturated rings. The molecule has 0 spiro atoms. The SMILES string of the molecule is CCN(CCC#N)S(=O)(=O)c1ccccc1[N+](=O)[O-]. The lowest BCUT2D eigenvalue weighted by atomic mass is 10.3. The molecule has 8 heteroatoms. The fourth-order valence-corrected chi connectivity index (χ4v) is 3.20. The molecule has 7 nitrogen and oxygen atoms in total. The quantitative estimate of drug-likeness (QED) is 0.581. The molecule has 1 aromatic rings. The summed E-state index contributed by atoms with van der Waals surface area (Å²) in [6.45, 7) is 1.78. The van der Waals surface area contributed by atoms with Gasteiger partial charge < -0.3 is 0 Å². The molecule has 1 aromatic carbocycles. The van der Waals surface area contributed by atoms with Crippen molar-refractivity contribution in [2.75, 3.05) is 13.1 Å². The van der Waals surface area contributed by atoms with Crippen molar-refractivity contribution in [3.63, 3.8) is 0 Å². The summed E-state index contributed by atoms with van der Waals surface area (Å²) in [4.78, 5) is 9.79. The molecule has 0 radical (unpaired) electrons. The summed E-state index contributed by atoms with van der Waals surface area (Å²) < 4.78 is 25.7. The number of para-hydroxylation sites is 1. The first kappa shape index (κ1) is 15.1. The molecule has 0 saturated heterocycles. The zero-order valence-electron chi connectivity index (χ0n) is 10.3. The molecule has 0 aliphatic carbocycles. The van der Waals surface area contributed by atoms with Crippen molar-refractivity contribution in [2.45, 2.75) is 18.2 Å². The Labute approximate surface area is 111 Å². The lowest BCUT2D eigenvalue weighted by Gasteiger charge is -2.18. The van der Waals surface area contributed by atoms with Crippen molar-refractivity contribution in [1.82, 2.24) is 4.31 Å². The molecule has 0 N–H and O–H groups in total. The van der Waals surface area contributed by atoms with Crippen LogP contribution in [0.25, 0.3) is 0 Å². The molecule has 0 heterocycles. The number of benzene rings is 1. The van der Waals surface area contributed by atoms with Gasteiger partial charge >= 0.3 is 0 Å². The van der Waals surface area contributed by atoms with E-state index in [2.05, 4.69) is 0 Å². The van der Waals surface area contributed by atoms with E-state index in [0.717, 1.165) is 10.4 Å². The van der Waals surface area contributed by atoms with E-state index in [0.29, 0.717) is 0 Å². The second-order valence-electron chi connectivity index (χ2n) is 3.63. The van der Waals surface area contributed by atoms with Crippen molar-refractivity contribution >= 4 is 15.7 Å². The first-order valence-corrected chi connectivity index (χ1v) is 6.99. The zero-order valence-corrected chi connectivity index (χ0v) is 11.1. The number of hydrogen-bond acceptors (Lipinski definition) is 5. The van der Waals surface area contributed by atoms with Gasteiger partial charge in [-0.25, -0.2) is 8.42 Å². The molecule has 0 atom stereocenters. The van der Waals surface area contributed by atoms with E-state index in [1.807, 2.05) is 6.07 Å². The highest BCUT2D eigenvalue weighted by Crippen LogP contribution is 2.26. The monoisotopic (exact) mass is 283 g/mol. The molecule has 0 unspecified atom stereocenters. The van der Waals surface area contributed by atoms with Crippen LogP contribution in [0.15, 0.2) is 29.2 Å². The largest absolute Gasteiger partial charge is 0.289 e. The molecule has 0 aliphatic heterocycles. The smallest absolute Gasteiger partial charge is 0.258 e. The highest BCUT2D eigenvalue weighted by Gasteiger charge is 2.29. The van der Waals surface area contributed by atoms with Crippen molar-refractivity contribution in [3.05, 3.63) is 34.4 Å². The predicted octanol–water partition coefficient (Wildman–Crippen LogP) is 1.52. The van der Waals surface area contributed by atoms with Gasteiger partial charge in [0, 0.05) is 25.6 Å². The second-order valence-corrected chi connectivity index (χ2v) is 5.54. The molecular formula is C11H13N3O4S. The number of rotatable bonds is 6. The predicted molar refractivity (Wildman–Crippen MR) is 67.8 cm³/mol. The number of nitriles is 1. The van der Waals surface area contributed by atoms with Crippen molar-refractivity contribution in [3.8, 4) is 6.07 Å². The summed E-state index contributed by atoms with van der Waals surface area (Å²) in [6.07, 6.45) is 0.0354. The number of nitro benzene ring substituents is 1. The van der Waals surface area contributed by atoms with Crippen molar-refractivity contribution in [1.29, 1.82) is 5.26 Å². The summed E-state index contributed by atoms with van der Waals surface area (Å²) >= 11 is 0. The summed E-state index contributed by atoms with van der Waals surface area (Å²) in [5.74, 6) is 0.